The largest absolute Gasteiger partial charge is 0.366 e. The molecule has 0 atom stereocenters. The Balaban J connectivity index is 2.06. The van der Waals surface area contributed by atoms with Gasteiger partial charge in [0.05, 0.1) is 17.6 Å². The zero-order chi connectivity index (χ0) is 15.5. The first-order valence-electron chi connectivity index (χ1n) is 7.73. The fraction of sp³-hybridized carbons (Fsp3) is 0.412. The Bertz CT molecular complexity index is 634. The summed E-state index contributed by atoms with van der Waals surface area (Å²) in [5.41, 5.74) is 3.19. The summed E-state index contributed by atoms with van der Waals surface area (Å²) in [7, 11) is 0. The highest BCUT2D eigenvalue weighted by Crippen LogP contribution is 2.30. The van der Waals surface area contributed by atoms with Gasteiger partial charge in [0, 0.05) is 42.7 Å². The minimum atomic E-state index is 0.308. The molecular weight excluding hydrogens is 296 g/mol. The van der Waals surface area contributed by atoms with Crippen LogP contribution in [0.25, 0.3) is 11.3 Å². The summed E-state index contributed by atoms with van der Waals surface area (Å²) in [6, 6.07) is 7.88. The molecule has 0 amide bonds. The van der Waals surface area contributed by atoms with Crippen LogP contribution < -0.4 is 10.2 Å². The van der Waals surface area contributed by atoms with Crippen LogP contribution in [-0.2, 0) is 0 Å². The zero-order valence-electron chi connectivity index (χ0n) is 13.0. The molecule has 22 heavy (non-hydrogen) atoms. The van der Waals surface area contributed by atoms with Crippen molar-refractivity contribution in [2.24, 2.45) is 0 Å². The van der Waals surface area contributed by atoms with E-state index in [1.54, 1.807) is 0 Å². The van der Waals surface area contributed by atoms with Gasteiger partial charge in [0.25, 0.3) is 0 Å². The molecule has 0 spiro atoms. The maximum Gasteiger partial charge on any atom is 0.131 e. The Morgan fingerprint density at radius 3 is 2.45 bits per heavy atom. The van der Waals surface area contributed by atoms with Crippen molar-refractivity contribution >= 4 is 17.3 Å². The summed E-state index contributed by atoms with van der Waals surface area (Å²) in [4.78, 5) is 11.7. The second kappa shape index (κ2) is 6.63. The van der Waals surface area contributed by atoms with Gasteiger partial charge in [-0.25, -0.2) is 9.97 Å². The Hall–Kier alpha value is -1.65. The molecule has 1 aromatic heterocycles. The van der Waals surface area contributed by atoms with Crippen molar-refractivity contribution in [3.63, 3.8) is 0 Å². The first-order valence-corrected chi connectivity index (χ1v) is 8.11. The van der Waals surface area contributed by atoms with Crippen molar-refractivity contribution < 1.29 is 0 Å². The highest BCUT2D eigenvalue weighted by molar-refractivity contribution is 6.30. The lowest BCUT2D eigenvalue weighted by Gasteiger charge is -2.30. The topological polar surface area (TPSA) is 41.1 Å². The normalized spacial score (nSPS) is 15.4. The van der Waals surface area contributed by atoms with Crippen LogP contribution in [0.15, 0.2) is 30.5 Å². The third-order valence-electron chi connectivity index (χ3n) is 3.88. The third kappa shape index (κ3) is 3.23. The quantitative estimate of drug-likeness (QED) is 0.943. The van der Waals surface area contributed by atoms with E-state index in [4.69, 9.17) is 16.6 Å². The standard InChI is InChI=1S/C17H21ClN4/c1-12(2)17-20-11-15(22-9-7-19-8-10-22)16(21-17)13-3-5-14(18)6-4-13/h3-6,11-12,19H,7-10H2,1-2H3. The molecule has 116 valence electrons. The molecule has 4 nitrogen and oxygen atoms in total. The maximum absolute atomic E-state index is 6.02. The van der Waals surface area contributed by atoms with E-state index in [1.165, 1.54) is 0 Å². The molecule has 0 aliphatic carbocycles. The van der Waals surface area contributed by atoms with E-state index >= 15 is 0 Å². The van der Waals surface area contributed by atoms with Crippen molar-refractivity contribution in [1.82, 2.24) is 15.3 Å². The Kier molecular flexibility index (Phi) is 4.60. The van der Waals surface area contributed by atoms with Crippen molar-refractivity contribution in [3.05, 3.63) is 41.3 Å². The fourth-order valence-electron chi connectivity index (χ4n) is 2.62. The van der Waals surface area contributed by atoms with Crippen molar-refractivity contribution in [1.29, 1.82) is 0 Å². The van der Waals surface area contributed by atoms with Gasteiger partial charge in [-0.15, -0.1) is 0 Å². The van der Waals surface area contributed by atoms with Crippen LogP contribution in [0.4, 0.5) is 5.69 Å². The molecule has 0 radical (unpaired) electrons. The molecule has 1 aliphatic heterocycles. The van der Waals surface area contributed by atoms with E-state index in [1.807, 2.05) is 30.5 Å². The van der Waals surface area contributed by atoms with E-state index in [-0.39, 0.29) is 0 Å². The Labute approximate surface area is 136 Å². The number of rotatable bonds is 3. The molecule has 0 saturated carbocycles. The average molecular weight is 317 g/mol. The molecule has 1 N–H and O–H groups in total. The minimum Gasteiger partial charge on any atom is -0.366 e. The van der Waals surface area contributed by atoms with E-state index < -0.39 is 0 Å². The fourth-order valence-corrected chi connectivity index (χ4v) is 2.75. The molecular formula is C17H21ClN4. The molecule has 1 fully saturated rings. The average Bonchev–Trinajstić information content (AvgIpc) is 2.56. The molecule has 2 heterocycles. The number of halogens is 1. The zero-order valence-corrected chi connectivity index (χ0v) is 13.8. The molecule has 1 aromatic carbocycles. The number of aromatic nitrogens is 2. The molecule has 0 bridgehead atoms. The van der Waals surface area contributed by atoms with Gasteiger partial charge < -0.3 is 10.2 Å². The van der Waals surface area contributed by atoms with Gasteiger partial charge in [-0.05, 0) is 12.1 Å². The number of piperazine rings is 1. The van der Waals surface area contributed by atoms with Crippen molar-refractivity contribution in [2.75, 3.05) is 31.1 Å². The van der Waals surface area contributed by atoms with Gasteiger partial charge in [0.1, 0.15) is 5.82 Å². The molecule has 1 saturated heterocycles. The first kappa shape index (κ1) is 15.3. The van der Waals surface area contributed by atoms with Gasteiger partial charge in [0.15, 0.2) is 0 Å². The summed E-state index contributed by atoms with van der Waals surface area (Å²) in [6.07, 6.45) is 1.97. The van der Waals surface area contributed by atoms with Crippen LogP contribution in [0.3, 0.4) is 0 Å². The summed E-state index contributed by atoms with van der Waals surface area (Å²) in [6.45, 7) is 8.17. The number of nitrogens with one attached hydrogen (secondary N) is 1. The van der Waals surface area contributed by atoms with Crippen LogP contribution in [0.1, 0.15) is 25.6 Å². The SMILES string of the molecule is CC(C)c1ncc(N2CCNCC2)c(-c2ccc(Cl)cc2)n1. The van der Waals surface area contributed by atoms with Crippen molar-refractivity contribution in [2.45, 2.75) is 19.8 Å². The summed E-state index contributed by atoms with van der Waals surface area (Å²) >= 11 is 6.02. The van der Waals surface area contributed by atoms with Gasteiger partial charge in [-0.2, -0.15) is 0 Å². The second-order valence-electron chi connectivity index (χ2n) is 5.86. The van der Waals surface area contributed by atoms with E-state index in [2.05, 4.69) is 29.0 Å². The predicted octanol–water partition coefficient (Wildman–Crippen LogP) is 3.33. The summed E-state index contributed by atoms with van der Waals surface area (Å²) in [5, 5.41) is 4.12. The maximum atomic E-state index is 6.02. The molecule has 1 aliphatic rings. The molecule has 5 heteroatoms. The lowest BCUT2D eigenvalue weighted by atomic mass is 10.1. The second-order valence-corrected chi connectivity index (χ2v) is 6.30. The highest BCUT2D eigenvalue weighted by Gasteiger charge is 2.18. The number of nitrogens with zero attached hydrogens (tertiary/aromatic N) is 3. The number of hydrogen-bond donors (Lipinski definition) is 1. The van der Waals surface area contributed by atoms with E-state index in [0.29, 0.717) is 5.92 Å². The number of hydrogen-bond acceptors (Lipinski definition) is 4. The van der Waals surface area contributed by atoms with Crippen LogP contribution in [0, 0.1) is 0 Å². The molecule has 2 aromatic rings. The van der Waals surface area contributed by atoms with Crippen LogP contribution in [0.5, 0.6) is 0 Å². The van der Waals surface area contributed by atoms with E-state index in [9.17, 15) is 0 Å². The highest BCUT2D eigenvalue weighted by atomic mass is 35.5. The minimum absolute atomic E-state index is 0.308. The third-order valence-corrected chi connectivity index (χ3v) is 4.13. The monoisotopic (exact) mass is 316 g/mol. The van der Waals surface area contributed by atoms with Crippen molar-refractivity contribution in [3.8, 4) is 11.3 Å². The molecule has 0 unspecified atom stereocenters. The lowest BCUT2D eigenvalue weighted by molar-refractivity contribution is 0.588. The number of anilines is 1. The van der Waals surface area contributed by atoms with E-state index in [0.717, 1.165) is 54.0 Å². The Morgan fingerprint density at radius 2 is 1.82 bits per heavy atom. The lowest BCUT2D eigenvalue weighted by Crippen LogP contribution is -2.43. The van der Waals surface area contributed by atoms with Gasteiger partial charge in [0.2, 0.25) is 0 Å². The summed E-state index contributed by atoms with van der Waals surface area (Å²) in [5.74, 6) is 1.19. The van der Waals surface area contributed by atoms with Gasteiger partial charge >= 0.3 is 0 Å². The van der Waals surface area contributed by atoms with Crippen LogP contribution >= 0.6 is 11.6 Å². The number of benzene rings is 1. The molecule has 3 rings (SSSR count). The first-order chi connectivity index (χ1) is 10.6. The smallest absolute Gasteiger partial charge is 0.131 e. The van der Waals surface area contributed by atoms with Gasteiger partial charge in [-0.1, -0.05) is 37.6 Å². The van der Waals surface area contributed by atoms with Crippen LogP contribution in [-0.4, -0.2) is 36.1 Å². The van der Waals surface area contributed by atoms with Crippen LogP contribution in [0.2, 0.25) is 5.02 Å². The van der Waals surface area contributed by atoms with Gasteiger partial charge in [-0.3, -0.25) is 0 Å². The Morgan fingerprint density at radius 1 is 1.14 bits per heavy atom. The summed E-state index contributed by atoms with van der Waals surface area (Å²) < 4.78 is 0. The predicted molar refractivity (Wildman–Crippen MR) is 91.6 cm³/mol.